The molecule has 1 heterocycles. The highest BCUT2D eigenvalue weighted by molar-refractivity contribution is 9.10. The smallest absolute Gasteiger partial charge is 0.132 e. The summed E-state index contributed by atoms with van der Waals surface area (Å²) in [4.78, 5) is 4.35. The summed E-state index contributed by atoms with van der Waals surface area (Å²) in [7, 11) is 1.83. The van der Waals surface area contributed by atoms with Crippen molar-refractivity contribution in [2.24, 2.45) is 7.05 Å². The number of benzene rings is 1. The minimum absolute atomic E-state index is 0.0218. The van der Waals surface area contributed by atoms with Crippen LogP contribution < -0.4 is 0 Å². The van der Waals surface area contributed by atoms with Crippen molar-refractivity contribution in [3.05, 3.63) is 40.5 Å². The van der Waals surface area contributed by atoms with Gasteiger partial charge in [-0.25, -0.2) is 9.37 Å². The molecule has 5 heteroatoms. The number of aliphatic hydroxyl groups excluding tert-OH is 1. The van der Waals surface area contributed by atoms with E-state index < -0.39 is 0 Å². The maximum atomic E-state index is 13.7. The third kappa shape index (κ3) is 2.25. The van der Waals surface area contributed by atoms with Gasteiger partial charge in [-0.1, -0.05) is 12.1 Å². The molecule has 0 radical (unpaired) electrons. The number of nitrogens with zero attached hydrogens (tertiary/aromatic N) is 2. The summed E-state index contributed by atoms with van der Waals surface area (Å²) in [5.74, 6) is 0.416. The summed E-state index contributed by atoms with van der Waals surface area (Å²) in [6.07, 6.45) is 0.448. The van der Waals surface area contributed by atoms with Gasteiger partial charge in [0, 0.05) is 19.0 Å². The molecule has 17 heavy (non-hydrogen) atoms. The SMILES string of the molecule is Cn1c(CCO)nc(-c2ccccc2F)c1Br. The molecule has 0 fully saturated rings. The highest BCUT2D eigenvalue weighted by Gasteiger charge is 2.16. The summed E-state index contributed by atoms with van der Waals surface area (Å²) in [6, 6.07) is 6.50. The molecule has 0 spiro atoms. The zero-order valence-corrected chi connectivity index (χ0v) is 10.9. The number of halogens is 2. The lowest BCUT2D eigenvalue weighted by atomic mass is 10.1. The Balaban J connectivity index is 2.53. The molecular formula is C12H12BrFN2O. The van der Waals surface area contributed by atoms with Crippen LogP contribution in [0.1, 0.15) is 5.82 Å². The highest BCUT2D eigenvalue weighted by atomic mass is 79.9. The predicted octanol–water partition coefficient (Wildman–Crippen LogP) is 2.52. The first kappa shape index (κ1) is 12.3. The Hall–Kier alpha value is -1.20. The quantitative estimate of drug-likeness (QED) is 0.945. The van der Waals surface area contributed by atoms with E-state index >= 15 is 0 Å². The van der Waals surface area contributed by atoms with Crippen LogP contribution in [0, 0.1) is 5.82 Å². The van der Waals surface area contributed by atoms with Crippen LogP contribution in [0.25, 0.3) is 11.3 Å². The third-order valence-corrected chi connectivity index (χ3v) is 3.49. The Morgan fingerprint density at radius 1 is 1.41 bits per heavy atom. The largest absolute Gasteiger partial charge is 0.396 e. The van der Waals surface area contributed by atoms with Crippen molar-refractivity contribution in [1.29, 1.82) is 0 Å². The molecule has 1 aromatic carbocycles. The van der Waals surface area contributed by atoms with Crippen LogP contribution in [-0.2, 0) is 13.5 Å². The molecule has 1 aromatic heterocycles. The molecule has 3 nitrogen and oxygen atoms in total. The fraction of sp³-hybridized carbons (Fsp3) is 0.250. The molecule has 2 rings (SSSR count). The highest BCUT2D eigenvalue weighted by Crippen LogP contribution is 2.29. The van der Waals surface area contributed by atoms with Crippen LogP contribution in [0.5, 0.6) is 0 Å². The lowest BCUT2D eigenvalue weighted by molar-refractivity contribution is 0.295. The molecule has 0 amide bonds. The Kier molecular flexibility index (Phi) is 3.59. The monoisotopic (exact) mass is 298 g/mol. The second kappa shape index (κ2) is 4.98. The molecule has 0 aliphatic rings. The maximum Gasteiger partial charge on any atom is 0.132 e. The molecule has 0 aliphatic heterocycles. The van der Waals surface area contributed by atoms with Gasteiger partial charge in [0.15, 0.2) is 0 Å². The molecule has 0 unspecified atom stereocenters. The van der Waals surface area contributed by atoms with Crippen LogP contribution >= 0.6 is 15.9 Å². The zero-order chi connectivity index (χ0) is 12.4. The Morgan fingerprint density at radius 2 is 2.12 bits per heavy atom. The van der Waals surface area contributed by atoms with E-state index in [1.54, 1.807) is 22.8 Å². The van der Waals surface area contributed by atoms with E-state index in [4.69, 9.17) is 5.11 Å². The van der Waals surface area contributed by atoms with Crippen molar-refractivity contribution in [3.8, 4) is 11.3 Å². The van der Waals surface area contributed by atoms with E-state index in [-0.39, 0.29) is 12.4 Å². The van der Waals surface area contributed by atoms with Gasteiger partial charge in [0.05, 0.1) is 6.61 Å². The van der Waals surface area contributed by atoms with E-state index in [1.807, 2.05) is 7.05 Å². The van der Waals surface area contributed by atoms with Gasteiger partial charge in [-0.2, -0.15) is 0 Å². The van der Waals surface area contributed by atoms with Crippen molar-refractivity contribution >= 4 is 15.9 Å². The third-order valence-electron chi connectivity index (χ3n) is 2.58. The summed E-state index contributed by atoms with van der Waals surface area (Å²) in [6.45, 7) is 0.0218. The first-order valence-corrected chi connectivity index (χ1v) is 6.01. The van der Waals surface area contributed by atoms with Crippen LogP contribution in [0.2, 0.25) is 0 Å². The number of rotatable bonds is 3. The normalized spacial score (nSPS) is 10.8. The number of aromatic nitrogens is 2. The van der Waals surface area contributed by atoms with E-state index in [2.05, 4.69) is 20.9 Å². The molecule has 90 valence electrons. The minimum Gasteiger partial charge on any atom is -0.396 e. The maximum absolute atomic E-state index is 13.7. The van der Waals surface area contributed by atoms with Crippen LogP contribution in [0.4, 0.5) is 4.39 Å². The number of imidazole rings is 1. The Morgan fingerprint density at radius 3 is 2.76 bits per heavy atom. The van der Waals surface area contributed by atoms with Gasteiger partial charge in [0.1, 0.15) is 21.9 Å². The van der Waals surface area contributed by atoms with Gasteiger partial charge in [0.25, 0.3) is 0 Å². The van der Waals surface area contributed by atoms with Gasteiger partial charge in [-0.3, -0.25) is 0 Å². The van der Waals surface area contributed by atoms with Crippen LogP contribution in [0.15, 0.2) is 28.9 Å². The summed E-state index contributed by atoms with van der Waals surface area (Å²) >= 11 is 3.39. The van der Waals surface area contributed by atoms with E-state index in [9.17, 15) is 4.39 Å². The van der Waals surface area contributed by atoms with E-state index in [0.29, 0.717) is 22.3 Å². The summed E-state index contributed by atoms with van der Waals surface area (Å²) in [5, 5.41) is 8.93. The zero-order valence-electron chi connectivity index (χ0n) is 9.32. The molecule has 0 saturated heterocycles. The van der Waals surface area contributed by atoms with Crippen LogP contribution in [-0.4, -0.2) is 21.3 Å². The van der Waals surface area contributed by atoms with E-state index in [1.165, 1.54) is 6.07 Å². The number of aliphatic hydroxyl groups is 1. The Bertz CT molecular complexity index is 539. The number of hydrogen-bond acceptors (Lipinski definition) is 2. The average molecular weight is 299 g/mol. The van der Waals surface area contributed by atoms with Crippen molar-refractivity contribution in [2.45, 2.75) is 6.42 Å². The van der Waals surface area contributed by atoms with Gasteiger partial charge < -0.3 is 9.67 Å². The van der Waals surface area contributed by atoms with Crippen molar-refractivity contribution < 1.29 is 9.50 Å². The number of hydrogen-bond donors (Lipinski definition) is 1. The van der Waals surface area contributed by atoms with Gasteiger partial charge in [-0.15, -0.1) is 0 Å². The standard InChI is InChI=1S/C12H12BrFN2O/c1-16-10(6-7-17)15-11(12(16)13)8-4-2-3-5-9(8)14/h2-5,17H,6-7H2,1H3. The first-order chi connectivity index (χ1) is 8.15. The lowest BCUT2D eigenvalue weighted by Crippen LogP contribution is -2.00. The van der Waals surface area contributed by atoms with Gasteiger partial charge in [-0.05, 0) is 28.1 Å². The molecule has 2 aromatic rings. The van der Waals surface area contributed by atoms with Gasteiger partial charge >= 0.3 is 0 Å². The Labute approximate surface area is 107 Å². The fourth-order valence-electron chi connectivity index (χ4n) is 1.67. The molecule has 0 bridgehead atoms. The molecule has 0 aliphatic carbocycles. The molecule has 0 atom stereocenters. The molecular weight excluding hydrogens is 287 g/mol. The van der Waals surface area contributed by atoms with Crippen molar-refractivity contribution in [3.63, 3.8) is 0 Å². The second-order valence-corrected chi connectivity index (χ2v) is 4.43. The summed E-state index contributed by atoms with van der Waals surface area (Å²) in [5.41, 5.74) is 1.02. The summed E-state index contributed by atoms with van der Waals surface area (Å²) < 4.78 is 16.2. The average Bonchev–Trinajstić information content (AvgIpc) is 2.59. The lowest BCUT2D eigenvalue weighted by Gasteiger charge is -2.00. The topological polar surface area (TPSA) is 38.0 Å². The van der Waals surface area contributed by atoms with Crippen molar-refractivity contribution in [1.82, 2.24) is 9.55 Å². The first-order valence-electron chi connectivity index (χ1n) is 5.22. The fourth-order valence-corrected chi connectivity index (χ4v) is 2.18. The van der Waals surface area contributed by atoms with Crippen LogP contribution in [0.3, 0.4) is 0 Å². The molecule has 0 saturated carbocycles. The minimum atomic E-state index is -0.304. The van der Waals surface area contributed by atoms with Crippen molar-refractivity contribution in [2.75, 3.05) is 6.61 Å². The van der Waals surface area contributed by atoms with E-state index in [0.717, 1.165) is 5.82 Å². The predicted molar refractivity (Wildman–Crippen MR) is 67.1 cm³/mol. The second-order valence-electron chi connectivity index (χ2n) is 3.68. The molecule has 1 N–H and O–H groups in total. The van der Waals surface area contributed by atoms with Gasteiger partial charge in [0.2, 0.25) is 0 Å².